The van der Waals surface area contributed by atoms with Crippen LogP contribution in [0.3, 0.4) is 0 Å². The van der Waals surface area contributed by atoms with Crippen molar-refractivity contribution in [1.29, 1.82) is 0 Å². The van der Waals surface area contributed by atoms with Gasteiger partial charge in [0.15, 0.2) is 0 Å². The van der Waals surface area contributed by atoms with Crippen molar-refractivity contribution in [1.82, 2.24) is 5.32 Å². The SMILES string of the molecule is CCCNC(Cc1cc(C)ccc1C)c1cc(C)sc1C. The fraction of sp³-hybridized carbons (Fsp3) is 0.474. The van der Waals surface area contributed by atoms with E-state index in [4.69, 9.17) is 0 Å². The summed E-state index contributed by atoms with van der Waals surface area (Å²) in [6, 6.07) is 9.57. The van der Waals surface area contributed by atoms with Crippen LogP contribution in [-0.4, -0.2) is 6.54 Å². The lowest BCUT2D eigenvalue weighted by atomic mass is 9.95. The third kappa shape index (κ3) is 4.18. The molecular formula is C19H27NS. The molecule has 0 radical (unpaired) electrons. The molecule has 1 heterocycles. The predicted molar refractivity (Wildman–Crippen MR) is 94.4 cm³/mol. The molecule has 0 fully saturated rings. The molecule has 0 spiro atoms. The van der Waals surface area contributed by atoms with E-state index in [1.54, 1.807) is 0 Å². The van der Waals surface area contributed by atoms with E-state index in [1.807, 2.05) is 11.3 Å². The molecule has 1 unspecified atom stereocenters. The highest BCUT2D eigenvalue weighted by atomic mass is 32.1. The number of rotatable bonds is 6. The zero-order chi connectivity index (χ0) is 15.4. The Morgan fingerprint density at radius 1 is 1.10 bits per heavy atom. The molecular weight excluding hydrogens is 274 g/mol. The van der Waals surface area contributed by atoms with Crippen LogP contribution in [0.4, 0.5) is 0 Å². The fourth-order valence-corrected chi connectivity index (χ4v) is 3.84. The van der Waals surface area contributed by atoms with E-state index in [-0.39, 0.29) is 0 Å². The van der Waals surface area contributed by atoms with Crippen LogP contribution in [0.2, 0.25) is 0 Å². The molecule has 1 nitrogen and oxygen atoms in total. The van der Waals surface area contributed by atoms with Gasteiger partial charge in [-0.05, 0) is 69.8 Å². The number of thiophene rings is 1. The summed E-state index contributed by atoms with van der Waals surface area (Å²) < 4.78 is 0. The standard InChI is InChI=1S/C19H27NS/c1-6-9-20-19(18-11-15(4)21-16(18)5)12-17-10-13(2)7-8-14(17)3/h7-8,10-11,19-20H,6,9,12H2,1-5H3. The van der Waals surface area contributed by atoms with E-state index in [2.05, 4.69) is 64.2 Å². The summed E-state index contributed by atoms with van der Waals surface area (Å²) in [5.74, 6) is 0. The maximum Gasteiger partial charge on any atom is 0.0372 e. The Kier molecular flexibility index (Phi) is 5.60. The van der Waals surface area contributed by atoms with Crippen LogP contribution in [0.15, 0.2) is 24.3 Å². The second kappa shape index (κ2) is 7.24. The van der Waals surface area contributed by atoms with Crippen LogP contribution >= 0.6 is 11.3 Å². The van der Waals surface area contributed by atoms with Gasteiger partial charge in [-0.1, -0.05) is 30.7 Å². The first-order chi connectivity index (χ1) is 10.0. The lowest BCUT2D eigenvalue weighted by Gasteiger charge is -2.20. The van der Waals surface area contributed by atoms with Gasteiger partial charge in [-0.2, -0.15) is 0 Å². The van der Waals surface area contributed by atoms with Crippen molar-refractivity contribution in [2.24, 2.45) is 0 Å². The van der Waals surface area contributed by atoms with Crippen molar-refractivity contribution in [2.45, 2.75) is 53.5 Å². The second-order valence-electron chi connectivity index (χ2n) is 6.01. The molecule has 114 valence electrons. The average Bonchev–Trinajstić information content (AvgIpc) is 2.77. The van der Waals surface area contributed by atoms with Crippen LogP contribution in [0.25, 0.3) is 0 Å². The molecule has 1 aromatic carbocycles. The van der Waals surface area contributed by atoms with Crippen molar-refractivity contribution >= 4 is 11.3 Å². The summed E-state index contributed by atoms with van der Waals surface area (Å²) in [5.41, 5.74) is 5.69. The van der Waals surface area contributed by atoms with E-state index < -0.39 is 0 Å². The van der Waals surface area contributed by atoms with Gasteiger partial charge in [-0.25, -0.2) is 0 Å². The smallest absolute Gasteiger partial charge is 0.0372 e. The number of hydrogen-bond donors (Lipinski definition) is 1. The lowest BCUT2D eigenvalue weighted by molar-refractivity contribution is 0.527. The highest BCUT2D eigenvalue weighted by molar-refractivity contribution is 7.12. The zero-order valence-corrected chi connectivity index (χ0v) is 14.7. The van der Waals surface area contributed by atoms with E-state index in [0.29, 0.717) is 6.04 Å². The molecule has 1 N–H and O–H groups in total. The molecule has 21 heavy (non-hydrogen) atoms. The Bertz CT molecular complexity index is 598. The van der Waals surface area contributed by atoms with Gasteiger partial charge < -0.3 is 5.32 Å². The van der Waals surface area contributed by atoms with E-state index >= 15 is 0 Å². The quantitative estimate of drug-likeness (QED) is 0.767. The largest absolute Gasteiger partial charge is 0.310 e. The first kappa shape index (κ1) is 16.3. The highest BCUT2D eigenvalue weighted by Crippen LogP contribution is 2.29. The number of benzene rings is 1. The molecule has 2 heteroatoms. The highest BCUT2D eigenvalue weighted by Gasteiger charge is 2.17. The first-order valence-electron chi connectivity index (χ1n) is 7.87. The molecule has 0 saturated carbocycles. The minimum Gasteiger partial charge on any atom is -0.310 e. The topological polar surface area (TPSA) is 12.0 Å². The Morgan fingerprint density at radius 2 is 1.86 bits per heavy atom. The normalized spacial score (nSPS) is 12.6. The summed E-state index contributed by atoms with van der Waals surface area (Å²) in [6.07, 6.45) is 2.25. The van der Waals surface area contributed by atoms with Gasteiger partial charge >= 0.3 is 0 Å². The summed E-state index contributed by atoms with van der Waals surface area (Å²) in [6.45, 7) is 12.2. The fourth-order valence-electron chi connectivity index (χ4n) is 2.85. The summed E-state index contributed by atoms with van der Waals surface area (Å²) >= 11 is 1.91. The van der Waals surface area contributed by atoms with Crippen molar-refractivity contribution < 1.29 is 0 Å². The molecule has 1 aromatic heterocycles. The predicted octanol–water partition coefficient (Wildman–Crippen LogP) is 5.27. The number of hydrogen-bond acceptors (Lipinski definition) is 2. The molecule has 2 rings (SSSR count). The van der Waals surface area contributed by atoms with Gasteiger partial charge in [0.2, 0.25) is 0 Å². The Hall–Kier alpha value is -1.12. The molecule has 0 aliphatic carbocycles. The lowest BCUT2D eigenvalue weighted by Crippen LogP contribution is -2.24. The molecule has 0 aliphatic heterocycles. The van der Waals surface area contributed by atoms with Crippen LogP contribution in [-0.2, 0) is 6.42 Å². The van der Waals surface area contributed by atoms with Crippen molar-refractivity contribution in [3.8, 4) is 0 Å². The van der Waals surface area contributed by atoms with Crippen molar-refractivity contribution in [3.05, 3.63) is 56.3 Å². The third-order valence-electron chi connectivity index (χ3n) is 4.02. The second-order valence-corrected chi connectivity index (χ2v) is 7.47. The summed E-state index contributed by atoms with van der Waals surface area (Å²) in [4.78, 5) is 2.86. The molecule has 0 bridgehead atoms. The maximum atomic E-state index is 3.74. The number of aryl methyl sites for hydroxylation is 4. The minimum absolute atomic E-state index is 0.426. The molecule has 0 aliphatic rings. The molecule has 0 saturated heterocycles. The van der Waals surface area contributed by atoms with Gasteiger partial charge in [-0.15, -0.1) is 11.3 Å². The molecule has 1 atom stereocenters. The molecule has 2 aromatic rings. The van der Waals surface area contributed by atoms with Crippen molar-refractivity contribution in [2.75, 3.05) is 6.54 Å². The Morgan fingerprint density at radius 3 is 2.48 bits per heavy atom. The van der Waals surface area contributed by atoms with Crippen LogP contribution in [0, 0.1) is 27.7 Å². The Balaban J connectivity index is 2.28. The molecule has 0 amide bonds. The van der Waals surface area contributed by atoms with Gasteiger partial charge in [-0.3, -0.25) is 0 Å². The summed E-state index contributed by atoms with van der Waals surface area (Å²) in [5, 5.41) is 3.74. The monoisotopic (exact) mass is 301 g/mol. The van der Waals surface area contributed by atoms with Crippen LogP contribution in [0.5, 0.6) is 0 Å². The van der Waals surface area contributed by atoms with Gasteiger partial charge in [0, 0.05) is 15.8 Å². The van der Waals surface area contributed by atoms with E-state index in [9.17, 15) is 0 Å². The number of nitrogens with one attached hydrogen (secondary N) is 1. The van der Waals surface area contributed by atoms with E-state index in [1.165, 1.54) is 38.4 Å². The van der Waals surface area contributed by atoms with Gasteiger partial charge in [0.25, 0.3) is 0 Å². The van der Waals surface area contributed by atoms with Crippen molar-refractivity contribution in [3.63, 3.8) is 0 Å². The average molecular weight is 301 g/mol. The Labute approximate surface area is 133 Å². The summed E-state index contributed by atoms with van der Waals surface area (Å²) in [7, 11) is 0. The van der Waals surface area contributed by atoms with Gasteiger partial charge in [0.1, 0.15) is 0 Å². The third-order valence-corrected chi connectivity index (χ3v) is 5.01. The van der Waals surface area contributed by atoms with Crippen LogP contribution < -0.4 is 5.32 Å². The minimum atomic E-state index is 0.426. The van der Waals surface area contributed by atoms with Gasteiger partial charge in [0.05, 0.1) is 0 Å². The zero-order valence-electron chi connectivity index (χ0n) is 13.9. The first-order valence-corrected chi connectivity index (χ1v) is 8.69. The maximum absolute atomic E-state index is 3.74. The van der Waals surface area contributed by atoms with E-state index in [0.717, 1.165) is 13.0 Å². The van der Waals surface area contributed by atoms with Crippen LogP contribution in [0.1, 0.15) is 51.4 Å².